The van der Waals surface area contributed by atoms with Gasteiger partial charge in [-0.25, -0.2) is 0 Å². The maximum Gasteiger partial charge on any atom is 0.314 e. The zero-order chi connectivity index (χ0) is 10.3. The molecule has 0 amide bonds. The standard InChI is InChI=1S/C11H12O3/c1-7-2-3-8(6-9(7)12)11(4-5-11)10(13)14/h2-3,6,12H,4-5H2,1H3,(H,13,14). The van der Waals surface area contributed by atoms with Crippen molar-refractivity contribution in [3.63, 3.8) is 0 Å². The van der Waals surface area contributed by atoms with E-state index in [1.165, 1.54) is 0 Å². The maximum absolute atomic E-state index is 11.0. The van der Waals surface area contributed by atoms with E-state index in [1.807, 2.05) is 0 Å². The third-order valence-electron chi connectivity index (χ3n) is 2.92. The van der Waals surface area contributed by atoms with Gasteiger partial charge in [0.05, 0.1) is 5.41 Å². The van der Waals surface area contributed by atoms with Crippen molar-refractivity contribution in [3.8, 4) is 5.75 Å². The second kappa shape index (κ2) is 2.74. The smallest absolute Gasteiger partial charge is 0.314 e. The lowest BCUT2D eigenvalue weighted by Crippen LogP contribution is -2.19. The molecular weight excluding hydrogens is 180 g/mol. The molecule has 1 aliphatic rings. The van der Waals surface area contributed by atoms with Gasteiger partial charge in [-0.3, -0.25) is 4.79 Å². The summed E-state index contributed by atoms with van der Waals surface area (Å²) in [4.78, 5) is 11.0. The molecule has 1 aromatic rings. The van der Waals surface area contributed by atoms with Crippen LogP contribution in [0.3, 0.4) is 0 Å². The predicted octanol–water partition coefficient (Wildman–Crippen LogP) is 1.82. The molecule has 3 heteroatoms. The Hall–Kier alpha value is -1.51. The normalized spacial score (nSPS) is 17.8. The minimum Gasteiger partial charge on any atom is -0.508 e. The topological polar surface area (TPSA) is 57.5 Å². The number of benzene rings is 1. The molecule has 0 spiro atoms. The first kappa shape index (κ1) is 9.06. The van der Waals surface area contributed by atoms with Gasteiger partial charge in [0.25, 0.3) is 0 Å². The first-order chi connectivity index (χ1) is 6.56. The van der Waals surface area contributed by atoms with Crippen molar-refractivity contribution in [3.05, 3.63) is 29.3 Å². The maximum atomic E-state index is 11.0. The largest absolute Gasteiger partial charge is 0.508 e. The summed E-state index contributed by atoms with van der Waals surface area (Å²) in [5.74, 6) is -0.615. The van der Waals surface area contributed by atoms with Crippen molar-refractivity contribution in [2.75, 3.05) is 0 Å². The fourth-order valence-corrected chi connectivity index (χ4v) is 1.66. The predicted molar refractivity (Wildman–Crippen MR) is 51.4 cm³/mol. The number of phenolic OH excluding ortho intramolecular Hbond substituents is 1. The lowest BCUT2D eigenvalue weighted by molar-refractivity contribution is -0.140. The van der Waals surface area contributed by atoms with Crippen LogP contribution < -0.4 is 0 Å². The highest BCUT2D eigenvalue weighted by Gasteiger charge is 2.51. The second-order valence-electron chi connectivity index (χ2n) is 3.89. The van der Waals surface area contributed by atoms with Crippen LogP contribution in [-0.4, -0.2) is 16.2 Å². The molecule has 0 heterocycles. The fourth-order valence-electron chi connectivity index (χ4n) is 1.66. The summed E-state index contributed by atoms with van der Waals surface area (Å²) < 4.78 is 0. The van der Waals surface area contributed by atoms with Crippen LogP contribution in [0, 0.1) is 6.92 Å². The molecule has 0 aliphatic heterocycles. The number of hydrogen-bond acceptors (Lipinski definition) is 2. The number of aromatic hydroxyl groups is 1. The second-order valence-corrected chi connectivity index (χ2v) is 3.89. The Morgan fingerprint density at radius 2 is 2.07 bits per heavy atom. The molecule has 1 fully saturated rings. The van der Waals surface area contributed by atoms with Gasteiger partial charge in [0.2, 0.25) is 0 Å². The highest BCUT2D eigenvalue weighted by molar-refractivity contribution is 5.85. The molecule has 3 nitrogen and oxygen atoms in total. The molecule has 0 unspecified atom stereocenters. The van der Waals surface area contributed by atoms with Crippen LogP contribution in [-0.2, 0) is 10.2 Å². The summed E-state index contributed by atoms with van der Waals surface area (Å²) in [7, 11) is 0. The Labute approximate surface area is 82.0 Å². The Morgan fingerprint density at radius 3 is 2.50 bits per heavy atom. The Balaban J connectivity index is 2.43. The van der Waals surface area contributed by atoms with Gasteiger partial charge in [0, 0.05) is 0 Å². The van der Waals surface area contributed by atoms with Crippen molar-refractivity contribution >= 4 is 5.97 Å². The first-order valence-corrected chi connectivity index (χ1v) is 4.60. The van der Waals surface area contributed by atoms with E-state index in [9.17, 15) is 9.90 Å². The Bertz CT molecular complexity index is 392. The fraction of sp³-hybridized carbons (Fsp3) is 0.364. The number of aryl methyl sites for hydroxylation is 1. The monoisotopic (exact) mass is 192 g/mol. The molecule has 0 radical (unpaired) electrons. The number of phenols is 1. The minimum atomic E-state index is -0.791. The van der Waals surface area contributed by atoms with E-state index in [1.54, 1.807) is 25.1 Å². The number of hydrogen-bond donors (Lipinski definition) is 2. The molecule has 1 aliphatic carbocycles. The molecule has 1 saturated carbocycles. The number of carboxylic acids is 1. The molecular formula is C11H12O3. The van der Waals surface area contributed by atoms with E-state index in [0.29, 0.717) is 18.4 Å². The van der Waals surface area contributed by atoms with Gasteiger partial charge in [-0.1, -0.05) is 12.1 Å². The number of carboxylic acid groups (broad SMARTS) is 1. The molecule has 0 aromatic heterocycles. The quantitative estimate of drug-likeness (QED) is 0.751. The van der Waals surface area contributed by atoms with Crippen LogP contribution in [0.25, 0.3) is 0 Å². The Kier molecular flexibility index (Phi) is 1.77. The van der Waals surface area contributed by atoms with Crippen LogP contribution in [0.2, 0.25) is 0 Å². The first-order valence-electron chi connectivity index (χ1n) is 4.60. The zero-order valence-electron chi connectivity index (χ0n) is 7.95. The van der Waals surface area contributed by atoms with Crippen molar-refractivity contribution in [2.45, 2.75) is 25.2 Å². The van der Waals surface area contributed by atoms with Gasteiger partial charge in [-0.2, -0.15) is 0 Å². The van der Waals surface area contributed by atoms with Crippen LogP contribution >= 0.6 is 0 Å². The van der Waals surface area contributed by atoms with Gasteiger partial charge in [0.15, 0.2) is 0 Å². The number of rotatable bonds is 2. The lowest BCUT2D eigenvalue weighted by atomic mass is 9.95. The molecule has 0 atom stereocenters. The molecule has 0 saturated heterocycles. The number of aliphatic carboxylic acids is 1. The van der Waals surface area contributed by atoms with Crippen molar-refractivity contribution in [2.24, 2.45) is 0 Å². The summed E-state index contributed by atoms with van der Waals surface area (Å²) in [6.45, 7) is 1.79. The summed E-state index contributed by atoms with van der Waals surface area (Å²) in [5, 5.41) is 18.5. The molecule has 1 aromatic carbocycles. The van der Waals surface area contributed by atoms with Crippen LogP contribution in [0.5, 0.6) is 5.75 Å². The van der Waals surface area contributed by atoms with E-state index < -0.39 is 11.4 Å². The van der Waals surface area contributed by atoms with Gasteiger partial charge in [-0.15, -0.1) is 0 Å². The third kappa shape index (κ3) is 1.16. The summed E-state index contributed by atoms with van der Waals surface area (Å²) >= 11 is 0. The van der Waals surface area contributed by atoms with Gasteiger partial charge >= 0.3 is 5.97 Å². The molecule has 2 N–H and O–H groups in total. The zero-order valence-corrected chi connectivity index (χ0v) is 7.95. The highest BCUT2D eigenvalue weighted by Crippen LogP contribution is 2.49. The van der Waals surface area contributed by atoms with Crippen LogP contribution in [0.1, 0.15) is 24.0 Å². The summed E-state index contributed by atoms with van der Waals surface area (Å²) in [6.07, 6.45) is 1.34. The molecule has 0 bridgehead atoms. The molecule has 14 heavy (non-hydrogen) atoms. The van der Waals surface area contributed by atoms with Crippen molar-refractivity contribution in [1.29, 1.82) is 0 Å². The Morgan fingerprint density at radius 1 is 1.43 bits per heavy atom. The highest BCUT2D eigenvalue weighted by atomic mass is 16.4. The summed E-state index contributed by atoms with van der Waals surface area (Å²) in [6, 6.07) is 5.11. The van der Waals surface area contributed by atoms with Gasteiger partial charge < -0.3 is 10.2 Å². The van der Waals surface area contributed by atoms with Gasteiger partial charge in [-0.05, 0) is 37.0 Å². The van der Waals surface area contributed by atoms with E-state index >= 15 is 0 Å². The SMILES string of the molecule is Cc1ccc(C2(C(=O)O)CC2)cc1O. The van der Waals surface area contributed by atoms with Crippen LogP contribution in [0.4, 0.5) is 0 Å². The van der Waals surface area contributed by atoms with Crippen molar-refractivity contribution < 1.29 is 15.0 Å². The van der Waals surface area contributed by atoms with Crippen molar-refractivity contribution in [1.82, 2.24) is 0 Å². The van der Waals surface area contributed by atoms with E-state index in [0.717, 1.165) is 5.56 Å². The van der Waals surface area contributed by atoms with E-state index in [4.69, 9.17) is 5.11 Å². The van der Waals surface area contributed by atoms with Crippen LogP contribution in [0.15, 0.2) is 18.2 Å². The average Bonchev–Trinajstić information content (AvgIpc) is 2.90. The lowest BCUT2D eigenvalue weighted by Gasteiger charge is -2.11. The summed E-state index contributed by atoms with van der Waals surface area (Å²) in [5.41, 5.74) is 0.772. The molecule has 2 rings (SSSR count). The molecule has 74 valence electrons. The van der Waals surface area contributed by atoms with E-state index in [2.05, 4.69) is 0 Å². The average molecular weight is 192 g/mol. The number of carbonyl (C=O) groups is 1. The van der Waals surface area contributed by atoms with Gasteiger partial charge in [0.1, 0.15) is 5.75 Å². The van der Waals surface area contributed by atoms with E-state index in [-0.39, 0.29) is 5.75 Å². The minimum absolute atomic E-state index is 0.176. The third-order valence-corrected chi connectivity index (χ3v) is 2.92.